The second-order valence-corrected chi connectivity index (χ2v) is 8.68. The molecule has 3 aromatic rings. The molecule has 0 heterocycles. The van der Waals surface area contributed by atoms with Crippen LogP contribution in [0.5, 0.6) is 5.75 Å². The van der Waals surface area contributed by atoms with E-state index >= 15 is 0 Å². The summed E-state index contributed by atoms with van der Waals surface area (Å²) in [6.07, 6.45) is 1.57. The molecule has 0 aliphatic rings. The zero-order valence-corrected chi connectivity index (χ0v) is 19.9. The zero-order chi connectivity index (χ0) is 21.5. The van der Waals surface area contributed by atoms with Crippen molar-refractivity contribution < 1.29 is 9.53 Å². The number of halogens is 2. The first kappa shape index (κ1) is 22.1. The van der Waals surface area contributed by atoms with Gasteiger partial charge in [-0.2, -0.15) is 5.26 Å². The van der Waals surface area contributed by atoms with Crippen LogP contribution < -0.4 is 10.1 Å². The summed E-state index contributed by atoms with van der Waals surface area (Å²) in [7, 11) is 0. The summed E-state index contributed by atoms with van der Waals surface area (Å²) in [6, 6.07) is 22.9. The van der Waals surface area contributed by atoms with Crippen molar-refractivity contribution in [3.8, 4) is 11.8 Å². The number of rotatable bonds is 6. The Morgan fingerprint density at radius 2 is 1.97 bits per heavy atom. The molecule has 0 unspecified atom stereocenters. The second kappa shape index (κ2) is 10.4. The van der Waals surface area contributed by atoms with Crippen LogP contribution in [-0.2, 0) is 11.4 Å². The fourth-order valence-electron chi connectivity index (χ4n) is 2.77. The number of aryl methyl sites for hydroxylation is 1. The van der Waals surface area contributed by atoms with Crippen molar-refractivity contribution in [2.75, 3.05) is 5.32 Å². The molecule has 4 nitrogen and oxygen atoms in total. The molecule has 0 aliphatic carbocycles. The summed E-state index contributed by atoms with van der Waals surface area (Å²) in [6.45, 7) is 2.53. The molecule has 0 fully saturated rings. The van der Waals surface area contributed by atoms with Crippen LogP contribution in [0.15, 0.2) is 76.8 Å². The average molecular weight is 573 g/mol. The van der Waals surface area contributed by atoms with Crippen molar-refractivity contribution in [2.45, 2.75) is 13.5 Å². The highest BCUT2D eigenvalue weighted by molar-refractivity contribution is 14.1. The summed E-state index contributed by atoms with van der Waals surface area (Å²) < 4.78 is 7.67. The molecule has 0 saturated carbocycles. The van der Waals surface area contributed by atoms with Gasteiger partial charge in [0.2, 0.25) is 0 Å². The van der Waals surface area contributed by atoms with Crippen molar-refractivity contribution >= 4 is 56.2 Å². The Morgan fingerprint density at radius 1 is 1.17 bits per heavy atom. The van der Waals surface area contributed by atoms with E-state index in [0.29, 0.717) is 12.3 Å². The van der Waals surface area contributed by atoms with E-state index in [2.05, 4.69) is 49.9 Å². The maximum Gasteiger partial charge on any atom is 0.266 e. The number of hydrogen-bond acceptors (Lipinski definition) is 3. The van der Waals surface area contributed by atoms with E-state index in [1.165, 1.54) is 5.56 Å². The first-order chi connectivity index (χ1) is 14.4. The third-order valence-electron chi connectivity index (χ3n) is 4.19. The summed E-state index contributed by atoms with van der Waals surface area (Å²) in [4.78, 5) is 12.5. The van der Waals surface area contributed by atoms with Gasteiger partial charge >= 0.3 is 0 Å². The van der Waals surface area contributed by atoms with Gasteiger partial charge in [-0.1, -0.05) is 57.9 Å². The Bertz CT molecular complexity index is 1150. The number of nitriles is 1. The monoisotopic (exact) mass is 572 g/mol. The fourth-order valence-corrected chi connectivity index (χ4v) is 3.86. The predicted molar refractivity (Wildman–Crippen MR) is 131 cm³/mol. The van der Waals surface area contributed by atoms with Crippen LogP contribution in [0.4, 0.5) is 5.69 Å². The van der Waals surface area contributed by atoms with Gasteiger partial charge in [0.25, 0.3) is 5.91 Å². The van der Waals surface area contributed by atoms with Crippen molar-refractivity contribution in [1.29, 1.82) is 5.26 Å². The minimum atomic E-state index is -0.453. The number of anilines is 1. The average Bonchev–Trinajstić information content (AvgIpc) is 2.71. The van der Waals surface area contributed by atoms with Crippen LogP contribution in [-0.4, -0.2) is 5.91 Å². The topological polar surface area (TPSA) is 62.1 Å². The highest BCUT2D eigenvalue weighted by Crippen LogP contribution is 2.25. The van der Waals surface area contributed by atoms with Crippen molar-refractivity contribution in [3.05, 3.63) is 97.0 Å². The van der Waals surface area contributed by atoms with E-state index in [1.807, 2.05) is 61.5 Å². The number of nitrogens with one attached hydrogen (secondary N) is 1. The molecule has 150 valence electrons. The van der Waals surface area contributed by atoms with Gasteiger partial charge in [-0.15, -0.1) is 0 Å². The lowest BCUT2D eigenvalue weighted by atomic mass is 10.1. The van der Waals surface area contributed by atoms with Crippen LogP contribution in [0.1, 0.15) is 16.7 Å². The van der Waals surface area contributed by atoms with Gasteiger partial charge in [0, 0.05) is 10.2 Å². The third-order valence-corrected chi connectivity index (χ3v) is 5.53. The molecule has 3 aromatic carbocycles. The number of carbonyl (C=O) groups is 1. The number of amides is 1. The van der Waals surface area contributed by atoms with Crippen LogP contribution in [0.2, 0.25) is 0 Å². The normalized spacial score (nSPS) is 10.9. The Morgan fingerprint density at radius 3 is 2.67 bits per heavy atom. The molecule has 0 spiro atoms. The minimum absolute atomic E-state index is 0.0270. The quantitative estimate of drug-likeness (QED) is 0.209. The lowest BCUT2D eigenvalue weighted by Crippen LogP contribution is -2.13. The number of carbonyl (C=O) groups excluding carboxylic acids is 1. The minimum Gasteiger partial charge on any atom is -0.488 e. The summed E-state index contributed by atoms with van der Waals surface area (Å²) in [5.74, 6) is 0.303. The molecular weight excluding hydrogens is 555 g/mol. The van der Waals surface area contributed by atoms with Gasteiger partial charge in [0.1, 0.15) is 24.0 Å². The zero-order valence-electron chi connectivity index (χ0n) is 16.2. The maximum absolute atomic E-state index is 12.5. The molecule has 0 bridgehead atoms. The van der Waals surface area contributed by atoms with Crippen molar-refractivity contribution in [1.82, 2.24) is 0 Å². The Kier molecular flexibility index (Phi) is 7.66. The molecule has 0 saturated heterocycles. The van der Waals surface area contributed by atoms with E-state index in [1.54, 1.807) is 18.2 Å². The summed E-state index contributed by atoms with van der Waals surface area (Å²) in [5.41, 5.74) is 3.69. The van der Waals surface area contributed by atoms with Crippen molar-refractivity contribution in [2.24, 2.45) is 0 Å². The SMILES string of the molecule is Cc1cccc(COc2ccc(/C=C(/C#N)C(=O)Nc3cccc(Br)c3)cc2I)c1. The molecule has 1 amide bonds. The number of ether oxygens (including phenoxy) is 1. The van der Waals surface area contributed by atoms with Crippen LogP contribution in [0, 0.1) is 21.8 Å². The lowest BCUT2D eigenvalue weighted by Gasteiger charge is -2.10. The molecule has 0 radical (unpaired) electrons. The molecule has 0 atom stereocenters. The van der Waals surface area contributed by atoms with Gasteiger partial charge in [0.05, 0.1) is 3.57 Å². The maximum atomic E-state index is 12.5. The Labute approximate surface area is 197 Å². The van der Waals surface area contributed by atoms with E-state index in [-0.39, 0.29) is 5.57 Å². The van der Waals surface area contributed by atoms with Gasteiger partial charge in [-0.3, -0.25) is 4.79 Å². The predicted octanol–water partition coefficient (Wildman–Crippen LogP) is 6.49. The number of benzene rings is 3. The first-order valence-electron chi connectivity index (χ1n) is 9.11. The van der Waals surface area contributed by atoms with Gasteiger partial charge < -0.3 is 10.1 Å². The Hall–Kier alpha value is -2.63. The van der Waals surface area contributed by atoms with Crippen molar-refractivity contribution in [3.63, 3.8) is 0 Å². The summed E-state index contributed by atoms with van der Waals surface area (Å²) in [5, 5.41) is 12.2. The standard InChI is InChI=1S/C24H18BrIN2O2/c1-16-4-2-5-18(10-16)15-30-23-9-8-17(12-22(23)26)11-19(14-27)24(29)28-21-7-3-6-20(25)13-21/h2-13H,15H2,1H3,(H,28,29)/b19-11-. The number of nitrogens with zero attached hydrogens (tertiary/aromatic N) is 1. The molecule has 1 N–H and O–H groups in total. The fraction of sp³-hybridized carbons (Fsp3) is 0.0833. The van der Waals surface area contributed by atoms with E-state index in [4.69, 9.17) is 4.74 Å². The van der Waals surface area contributed by atoms with Gasteiger partial charge in [-0.05, 0) is 77.0 Å². The highest BCUT2D eigenvalue weighted by Gasteiger charge is 2.11. The third kappa shape index (κ3) is 6.18. The van der Waals surface area contributed by atoms with E-state index in [0.717, 1.165) is 24.9 Å². The smallest absolute Gasteiger partial charge is 0.266 e. The second-order valence-electron chi connectivity index (χ2n) is 6.60. The first-order valence-corrected chi connectivity index (χ1v) is 11.0. The van der Waals surface area contributed by atoms with Crippen LogP contribution in [0.3, 0.4) is 0 Å². The van der Waals surface area contributed by atoms with Crippen LogP contribution in [0.25, 0.3) is 6.08 Å². The summed E-state index contributed by atoms with van der Waals surface area (Å²) >= 11 is 5.55. The number of hydrogen-bond donors (Lipinski definition) is 1. The highest BCUT2D eigenvalue weighted by atomic mass is 127. The molecule has 0 aliphatic heterocycles. The molecule has 6 heteroatoms. The largest absolute Gasteiger partial charge is 0.488 e. The molecule has 30 heavy (non-hydrogen) atoms. The van der Waals surface area contributed by atoms with E-state index < -0.39 is 5.91 Å². The van der Waals surface area contributed by atoms with E-state index in [9.17, 15) is 10.1 Å². The lowest BCUT2D eigenvalue weighted by molar-refractivity contribution is -0.112. The molecule has 3 rings (SSSR count). The van der Waals surface area contributed by atoms with Crippen LogP contribution >= 0.6 is 38.5 Å². The Balaban J connectivity index is 1.71. The van der Waals surface area contributed by atoms with Gasteiger partial charge in [0.15, 0.2) is 0 Å². The van der Waals surface area contributed by atoms with Gasteiger partial charge in [-0.25, -0.2) is 0 Å². The molecule has 0 aromatic heterocycles. The molecular formula is C24H18BrIN2O2.